The van der Waals surface area contributed by atoms with Crippen molar-refractivity contribution in [2.24, 2.45) is 0 Å². The summed E-state index contributed by atoms with van der Waals surface area (Å²) < 4.78 is 0. The molecule has 1 atom stereocenters. The van der Waals surface area contributed by atoms with Crippen molar-refractivity contribution in [1.82, 2.24) is 5.23 Å². The lowest BCUT2D eigenvalue weighted by Crippen LogP contribution is -2.35. The van der Waals surface area contributed by atoms with E-state index in [1.165, 1.54) is 25.0 Å². The lowest BCUT2D eigenvalue weighted by atomic mass is 9.85. The van der Waals surface area contributed by atoms with Crippen LogP contribution in [-0.4, -0.2) is 28.1 Å². The van der Waals surface area contributed by atoms with Gasteiger partial charge in [0.2, 0.25) is 0 Å². The van der Waals surface area contributed by atoms with Gasteiger partial charge in [-0.25, -0.2) is 0 Å². The fourth-order valence-electron chi connectivity index (χ4n) is 1.59. The van der Waals surface area contributed by atoms with Gasteiger partial charge in [0.25, 0.3) is 5.69 Å². The summed E-state index contributed by atoms with van der Waals surface area (Å²) in [6, 6.07) is 5.00. The molecule has 0 aliphatic rings. The number of aliphatic carboxylic acids is 1. The van der Waals surface area contributed by atoms with Crippen molar-refractivity contribution < 1.29 is 19.8 Å². The smallest absolute Gasteiger partial charge is 0.374 e. The number of rotatable bonds is 6. The highest BCUT2D eigenvalue weighted by atomic mass is 16.6. The number of non-ortho nitro benzene ring substituents is 1. The molecule has 8 heteroatoms. The third-order valence-electron chi connectivity index (χ3n) is 2.30. The molecule has 0 spiro atoms. The van der Waals surface area contributed by atoms with Crippen LogP contribution in [0, 0.1) is 10.1 Å². The molecular formula is C10H13BN2O5. The van der Waals surface area contributed by atoms with Gasteiger partial charge in [0.15, 0.2) is 0 Å². The third kappa shape index (κ3) is 4.15. The summed E-state index contributed by atoms with van der Waals surface area (Å²) in [4.78, 5) is 20.8. The first-order valence-electron chi connectivity index (χ1n) is 5.30. The highest BCUT2D eigenvalue weighted by molar-refractivity contribution is 6.45. The number of carboxylic acids is 1. The molecular weight excluding hydrogens is 239 g/mol. The Hall–Kier alpha value is -1.93. The van der Waals surface area contributed by atoms with Crippen molar-refractivity contribution in [2.45, 2.75) is 19.3 Å². The highest BCUT2D eigenvalue weighted by Gasteiger charge is 2.20. The normalized spacial score (nSPS) is 11.9. The minimum absolute atomic E-state index is 0.115. The van der Waals surface area contributed by atoms with Crippen LogP contribution in [0.5, 0.6) is 0 Å². The Morgan fingerprint density at radius 3 is 2.78 bits per heavy atom. The van der Waals surface area contributed by atoms with Crippen LogP contribution in [0.1, 0.15) is 18.0 Å². The second-order valence-electron chi connectivity index (χ2n) is 3.85. The Kier molecular flexibility index (Phi) is 4.81. The quantitative estimate of drug-likeness (QED) is 0.392. The lowest BCUT2D eigenvalue weighted by molar-refractivity contribution is -0.384. The molecule has 0 aromatic heterocycles. The Balaban J connectivity index is 3.00. The monoisotopic (exact) mass is 252 g/mol. The summed E-state index contributed by atoms with van der Waals surface area (Å²) in [5, 5.41) is 31.3. The molecule has 0 saturated heterocycles. The van der Waals surface area contributed by atoms with Crippen molar-refractivity contribution >= 4 is 18.7 Å². The summed E-state index contributed by atoms with van der Waals surface area (Å²) in [6.45, 7) is 1.45. The molecule has 0 fully saturated rings. The summed E-state index contributed by atoms with van der Waals surface area (Å²) in [7, 11) is -0.909. The average Bonchev–Trinajstić information content (AvgIpc) is 2.27. The number of nitrogens with one attached hydrogen (secondary N) is 1. The number of nitro benzene ring substituents is 1. The Morgan fingerprint density at radius 1 is 1.61 bits per heavy atom. The minimum Gasteiger partial charge on any atom is -0.481 e. The van der Waals surface area contributed by atoms with Gasteiger partial charge in [0.1, 0.15) is 0 Å². The molecule has 1 rings (SSSR count). The van der Waals surface area contributed by atoms with Gasteiger partial charge in [-0.2, -0.15) is 0 Å². The molecule has 0 aliphatic carbocycles. The van der Waals surface area contributed by atoms with Gasteiger partial charge >= 0.3 is 13.0 Å². The Labute approximate surface area is 104 Å². The van der Waals surface area contributed by atoms with Gasteiger partial charge in [-0.15, -0.1) is 0 Å². The lowest BCUT2D eigenvalue weighted by Gasteiger charge is -2.17. The molecule has 1 aromatic rings. The standard InChI is InChI=1S/C10H13BN2O5/c1-11(16)12-9(6-10(14)15)7-3-2-4-8(5-7)13(17)18/h2-5,9,12,16H,6H2,1H3,(H,14,15)/t9-/m1/s1. The van der Waals surface area contributed by atoms with Crippen LogP contribution in [0.15, 0.2) is 24.3 Å². The molecule has 0 radical (unpaired) electrons. The van der Waals surface area contributed by atoms with Crippen molar-refractivity contribution in [3.63, 3.8) is 0 Å². The predicted molar refractivity (Wildman–Crippen MR) is 65.1 cm³/mol. The topological polar surface area (TPSA) is 113 Å². The highest BCUT2D eigenvalue weighted by Crippen LogP contribution is 2.21. The molecule has 0 unspecified atom stereocenters. The van der Waals surface area contributed by atoms with E-state index in [2.05, 4.69) is 5.23 Å². The van der Waals surface area contributed by atoms with Gasteiger partial charge in [0, 0.05) is 18.2 Å². The number of benzene rings is 1. The van der Waals surface area contributed by atoms with Gasteiger partial charge in [-0.05, 0) is 12.4 Å². The maximum atomic E-state index is 10.7. The minimum atomic E-state index is -1.06. The van der Waals surface area contributed by atoms with Gasteiger partial charge < -0.3 is 15.4 Å². The van der Waals surface area contributed by atoms with Gasteiger partial charge in [-0.1, -0.05) is 12.1 Å². The van der Waals surface area contributed by atoms with Crippen molar-refractivity contribution in [2.75, 3.05) is 0 Å². The molecule has 7 nitrogen and oxygen atoms in total. The summed E-state index contributed by atoms with van der Waals surface area (Å²) in [5.74, 6) is -1.06. The van der Waals surface area contributed by atoms with E-state index in [0.717, 1.165) is 0 Å². The van der Waals surface area contributed by atoms with Crippen LogP contribution in [0.3, 0.4) is 0 Å². The molecule has 96 valence electrons. The molecule has 0 aliphatic heterocycles. The van der Waals surface area contributed by atoms with E-state index in [9.17, 15) is 19.9 Å². The molecule has 0 heterocycles. The van der Waals surface area contributed by atoms with Crippen LogP contribution >= 0.6 is 0 Å². The summed E-state index contributed by atoms with van der Waals surface area (Å²) >= 11 is 0. The number of hydrogen-bond acceptors (Lipinski definition) is 5. The van der Waals surface area contributed by atoms with Crippen LogP contribution in [-0.2, 0) is 4.79 Å². The maximum Gasteiger partial charge on any atom is 0.374 e. The van der Waals surface area contributed by atoms with E-state index in [-0.39, 0.29) is 12.1 Å². The Morgan fingerprint density at radius 2 is 2.28 bits per heavy atom. The first kappa shape index (κ1) is 14.1. The van der Waals surface area contributed by atoms with Crippen molar-refractivity contribution in [1.29, 1.82) is 0 Å². The molecule has 0 bridgehead atoms. The van der Waals surface area contributed by atoms with E-state index in [4.69, 9.17) is 5.11 Å². The number of carbonyl (C=O) groups is 1. The Bertz CT molecular complexity index is 452. The molecule has 3 N–H and O–H groups in total. The second-order valence-corrected chi connectivity index (χ2v) is 3.85. The van der Waals surface area contributed by atoms with E-state index < -0.39 is 24.0 Å². The maximum absolute atomic E-state index is 10.7. The summed E-state index contributed by atoms with van der Waals surface area (Å²) in [5.41, 5.74) is 0.336. The molecule has 18 heavy (non-hydrogen) atoms. The average molecular weight is 252 g/mol. The number of carboxylic acid groups (broad SMARTS) is 1. The van der Waals surface area contributed by atoms with Gasteiger partial charge in [0.05, 0.1) is 11.3 Å². The molecule has 0 saturated carbocycles. The zero-order chi connectivity index (χ0) is 13.7. The predicted octanol–water partition coefficient (Wildman–Crippen LogP) is 0.810. The van der Waals surface area contributed by atoms with Crippen LogP contribution in [0.25, 0.3) is 0 Å². The van der Waals surface area contributed by atoms with Crippen LogP contribution < -0.4 is 5.23 Å². The first-order chi connectivity index (χ1) is 8.40. The van der Waals surface area contributed by atoms with Crippen molar-refractivity contribution in [3.8, 4) is 0 Å². The van der Waals surface area contributed by atoms with E-state index in [1.54, 1.807) is 6.07 Å². The van der Waals surface area contributed by atoms with Crippen LogP contribution in [0.4, 0.5) is 5.69 Å². The van der Waals surface area contributed by atoms with Crippen molar-refractivity contribution in [3.05, 3.63) is 39.9 Å². The van der Waals surface area contributed by atoms with E-state index in [1.807, 2.05) is 0 Å². The zero-order valence-electron chi connectivity index (χ0n) is 9.74. The van der Waals surface area contributed by atoms with Gasteiger partial charge in [-0.3, -0.25) is 14.9 Å². The molecule has 1 aromatic carbocycles. The molecule has 0 amide bonds. The van der Waals surface area contributed by atoms with Crippen LogP contribution in [0.2, 0.25) is 6.82 Å². The second kappa shape index (κ2) is 6.13. The zero-order valence-corrected chi connectivity index (χ0v) is 9.74. The van der Waals surface area contributed by atoms with E-state index >= 15 is 0 Å². The largest absolute Gasteiger partial charge is 0.481 e. The van der Waals surface area contributed by atoms with E-state index in [0.29, 0.717) is 5.56 Å². The summed E-state index contributed by atoms with van der Waals surface area (Å²) in [6.07, 6.45) is -0.272. The fraction of sp³-hybridized carbons (Fsp3) is 0.300. The SMILES string of the molecule is CB(O)N[C@H](CC(=O)O)c1cccc([N+](=O)[O-])c1. The fourth-order valence-corrected chi connectivity index (χ4v) is 1.59. The number of hydrogen-bond donors (Lipinski definition) is 3. The number of nitro groups is 1. The number of nitrogens with zero attached hydrogens (tertiary/aromatic N) is 1. The first-order valence-corrected chi connectivity index (χ1v) is 5.30. The third-order valence-corrected chi connectivity index (χ3v) is 2.30.